The number of nitrogens with one attached hydrogen (secondary N) is 2. The lowest BCUT2D eigenvalue weighted by Crippen LogP contribution is -2.48. The Labute approximate surface area is 137 Å². The molecule has 0 aromatic heterocycles. The van der Waals surface area contributed by atoms with Gasteiger partial charge in [0.15, 0.2) is 0 Å². The van der Waals surface area contributed by atoms with E-state index in [9.17, 15) is 9.59 Å². The van der Waals surface area contributed by atoms with E-state index in [0.717, 1.165) is 32.4 Å². The fraction of sp³-hybridized carbons (Fsp3) is 0.556. The van der Waals surface area contributed by atoms with Gasteiger partial charge in [0.2, 0.25) is 5.91 Å². The summed E-state index contributed by atoms with van der Waals surface area (Å²) in [4.78, 5) is 26.8. The number of rotatable bonds is 4. The van der Waals surface area contributed by atoms with Crippen molar-refractivity contribution in [3.05, 3.63) is 35.9 Å². The second-order valence-corrected chi connectivity index (χ2v) is 6.48. The first-order chi connectivity index (χ1) is 11.3. The normalized spacial score (nSPS) is 24.4. The third-order valence-electron chi connectivity index (χ3n) is 4.80. The lowest BCUT2D eigenvalue weighted by Gasteiger charge is -2.26. The molecule has 23 heavy (non-hydrogen) atoms. The van der Waals surface area contributed by atoms with Crippen molar-refractivity contribution in [2.45, 2.75) is 31.7 Å². The highest BCUT2D eigenvalue weighted by Crippen LogP contribution is 2.20. The smallest absolute Gasteiger partial charge is 0.254 e. The summed E-state index contributed by atoms with van der Waals surface area (Å²) >= 11 is 0. The van der Waals surface area contributed by atoms with Crippen LogP contribution in [0.2, 0.25) is 0 Å². The Hall–Kier alpha value is -1.88. The van der Waals surface area contributed by atoms with Gasteiger partial charge < -0.3 is 15.5 Å². The van der Waals surface area contributed by atoms with Crippen LogP contribution in [-0.4, -0.2) is 48.9 Å². The van der Waals surface area contributed by atoms with Crippen LogP contribution in [0.25, 0.3) is 0 Å². The van der Waals surface area contributed by atoms with Crippen LogP contribution >= 0.6 is 0 Å². The minimum Gasteiger partial charge on any atom is -0.354 e. The van der Waals surface area contributed by atoms with Crippen molar-refractivity contribution in [2.75, 3.05) is 26.2 Å². The molecule has 2 aliphatic heterocycles. The van der Waals surface area contributed by atoms with Crippen molar-refractivity contribution >= 4 is 11.8 Å². The first kappa shape index (κ1) is 16.0. The summed E-state index contributed by atoms with van der Waals surface area (Å²) in [6, 6.07) is 8.90. The van der Waals surface area contributed by atoms with Gasteiger partial charge in [-0.3, -0.25) is 9.59 Å². The predicted molar refractivity (Wildman–Crippen MR) is 89.1 cm³/mol. The van der Waals surface area contributed by atoms with E-state index in [1.807, 2.05) is 30.3 Å². The number of piperidine rings is 1. The van der Waals surface area contributed by atoms with Gasteiger partial charge >= 0.3 is 0 Å². The quantitative estimate of drug-likeness (QED) is 0.883. The molecule has 5 heteroatoms. The average Bonchev–Trinajstić information content (AvgIpc) is 3.10. The van der Waals surface area contributed by atoms with E-state index in [4.69, 9.17) is 0 Å². The maximum absolute atomic E-state index is 12.6. The number of nitrogens with zero attached hydrogens (tertiary/aromatic N) is 1. The number of hydrogen-bond donors (Lipinski definition) is 2. The molecule has 0 saturated carbocycles. The van der Waals surface area contributed by atoms with Crippen LogP contribution < -0.4 is 10.6 Å². The molecule has 5 nitrogen and oxygen atoms in total. The second kappa shape index (κ2) is 7.59. The molecule has 124 valence electrons. The molecule has 2 amide bonds. The molecule has 0 spiro atoms. The van der Waals surface area contributed by atoms with Gasteiger partial charge in [-0.05, 0) is 56.8 Å². The fourth-order valence-corrected chi connectivity index (χ4v) is 3.49. The van der Waals surface area contributed by atoms with Crippen molar-refractivity contribution in [2.24, 2.45) is 5.92 Å². The number of likely N-dealkylation sites (tertiary alicyclic amines) is 1. The number of carbonyl (C=O) groups is 2. The summed E-state index contributed by atoms with van der Waals surface area (Å²) in [6.45, 7) is 3.41. The molecule has 1 aromatic rings. The first-order valence-corrected chi connectivity index (χ1v) is 8.60. The van der Waals surface area contributed by atoms with Gasteiger partial charge in [-0.15, -0.1) is 0 Å². The van der Waals surface area contributed by atoms with Crippen molar-refractivity contribution < 1.29 is 9.59 Å². The lowest BCUT2D eigenvalue weighted by atomic mass is 9.99. The van der Waals surface area contributed by atoms with E-state index in [0.29, 0.717) is 24.6 Å². The molecule has 1 aromatic carbocycles. The molecule has 2 saturated heterocycles. The van der Waals surface area contributed by atoms with Crippen LogP contribution in [0.5, 0.6) is 0 Å². The molecular weight excluding hydrogens is 290 g/mol. The highest BCUT2D eigenvalue weighted by molar-refractivity contribution is 5.97. The predicted octanol–water partition coefficient (Wildman–Crippen LogP) is 1.41. The van der Waals surface area contributed by atoms with Crippen LogP contribution in [0, 0.1) is 5.92 Å². The second-order valence-electron chi connectivity index (χ2n) is 6.48. The van der Waals surface area contributed by atoms with Gasteiger partial charge in [0.1, 0.15) is 6.04 Å². The van der Waals surface area contributed by atoms with Crippen molar-refractivity contribution in [3.63, 3.8) is 0 Å². The zero-order valence-electron chi connectivity index (χ0n) is 13.5. The molecule has 2 aliphatic rings. The Morgan fingerprint density at radius 2 is 2.00 bits per heavy atom. The summed E-state index contributed by atoms with van der Waals surface area (Å²) in [5, 5.41) is 6.42. The zero-order chi connectivity index (χ0) is 16.1. The Balaban J connectivity index is 1.57. The molecule has 2 unspecified atom stereocenters. The largest absolute Gasteiger partial charge is 0.354 e. The number of hydrogen-bond acceptors (Lipinski definition) is 3. The molecule has 2 fully saturated rings. The first-order valence-electron chi connectivity index (χ1n) is 8.60. The van der Waals surface area contributed by atoms with Crippen LogP contribution in [0.3, 0.4) is 0 Å². The molecule has 2 atom stereocenters. The van der Waals surface area contributed by atoms with E-state index in [1.165, 1.54) is 6.42 Å². The number of amides is 2. The van der Waals surface area contributed by atoms with Crippen molar-refractivity contribution in [3.8, 4) is 0 Å². The molecule has 3 rings (SSSR count). The van der Waals surface area contributed by atoms with Gasteiger partial charge in [-0.2, -0.15) is 0 Å². The average molecular weight is 315 g/mol. The van der Waals surface area contributed by atoms with Crippen molar-refractivity contribution in [1.29, 1.82) is 0 Å². The molecule has 2 heterocycles. The van der Waals surface area contributed by atoms with Crippen LogP contribution in [-0.2, 0) is 4.79 Å². The van der Waals surface area contributed by atoms with Gasteiger partial charge in [-0.25, -0.2) is 0 Å². The summed E-state index contributed by atoms with van der Waals surface area (Å²) < 4.78 is 0. The topological polar surface area (TPSA) is 61.4 Å². The molecule has 0 aliphatic carbocycles. The maximum atomic E-state index is 12.6. The monoisotopic (exact) mass is 315 g/mol. The Kier molecular flexibility index (Phi) is 5.28. The molecule has 0 radical (unpaired) electrons. The summed E-state index contributed by atoms with van der Waals surface area (Å²) in [6.07, 6.45) is 3.97. The number of benzene rings is 1. The van der Waals surface area contributed by atoms with E-state index in [2.05, 4.69) is 10.6 Å². The summed E-state index contributed by atoms with van der Waals surface area (Å²) in [5.41, 5.74) is 0.656. The minimum absolute atomic E-state index is 0.00245. The minimum atomic E-state index is -0.320. The van der Waals surface area contributed by atoms with E-state index in [-0.39, 0.29) is 17.9 Å². The zero-order valence-corrected chi connectivity index (χ0v) is 13.5. The summed E-state index contributed by atoms with van der Waals surface area (Å²) in [5.74, 6) is 0.465. The van der Waals surface area contributed by atoms with Gasteiger partial charge in [0.05, 0.1) is 0 Å². The Bertz CT molecular complexity index is 540. The maximum Gasteiger partial charge on any atom is 0.254 e. The van der Waals surface area contributed by atoms with Crippen molar-refractivity contribution in [1.82, 2.24) is 15.5 Å². The third-order valence-corrected chi connectivity index (χ3v) is 4.80. The fourth-order valence-electron chi connectivity index (χ4n) is 3.49. The van der Waals surface area contributed by atoms with E-state index < -0.39 is 0 Å². The lowest BCUT2D eigenvalue weighted by molar-refractivity contribution is -0.125. The van der Waals surface area contributed by atoms with Crippen LogP contribution in [0.1, 0.15) is 36.0 Å². The van der Waals surface area contributed by atoms with Crippen LogP contribution in [0.4, 0.5) is 0 Å². The summed E-state index contributed by atoms with van der Waals surface area (Å²) in [7, 11) is 0. The van der Waals surface area contributed by atoms with Gasteiger partial charge in [0.25, 0.3) is 5.91 Å². The van der Waals surface area contributed by atoms with Gasteiger partial charge in [-0.1, -0.05) is 18.2 Å². The molecule has 2 N–H and O–H groups in total. The third kappa shape index (κ3) is 3.91. The van der Waals surface area contributed by atoms with Gasteiger partial charge in [0, 0.05) is 18.7 Å². The Morgan fingerprint density at radius 3 is 2.74 bits per heavy atom. The highest BCUT2D eigenvalue weighted by Gasteiger charge is 2.34. The van der Waals surface area contributed by atoms with Crippen LogP contribution in [0.15, 0.2) is 30.3 Å². The van der Waals surface area contributed by atoms with E-state index >= 15 is 0 Å². The standard InChI is InChI=1S/C18H25N3O2/c22-17(20-13-14-6-4-10-19-12-14)16-9-5-11-21(16)18(23)15-7-2-1-3-8-15/h1-3,7-8,14,16,19H,4-6,9-13H2,(H,20,22). The Morgan fingerprint density at radius 1 is 1.17 bits per heavy atom. The molecular formula is C18H25N3O2. The highest BCUT2D eigenvalue weighted by atomic mass is 16.2. The SMILES string of the molecule is O=C(NCC1CCCNC1)C1CCCN1C(=O)c1ccccc1. The number of carbonyl (C=O) groups excluding carboxylic acids is 2. The van der Waals surface area contributed by atoms with E-state index in [1.54, 1.807) is 4.90 Å². The molecule has 0 bridgehead atoms.